The Labute approximate surface area is 135 Å². The van der Waals surface area contributed by atoms with Crippen molar-refractivity contribution in [3.63, 3.8) is 0 Å². The second kappa shape index (κ2) is 7.92. The average Bonchev–Trinajstić information content (AvgIpc) is 2.55. The summed E-state index contributed by atoms with van der Waals surface area (Å²) in [5.41, 5.74) is 0.392. The number of nitro benzene ring substituents is 1. The zero-order valence-electron chi connectivity index (χ0n) is 13.3. The number of likely N-dealkylation sites (N-methyl/N-ethyl adjacent to an activating group) is 1. The van der Waals surface area contributed by atoms with Crippen LogP contribution >= 0.6 is 0 Å². The highest BCUT2D eigenvalue weighted by Gasteiger charge is 2.26. The Morgan fingerprint density at radius 1 is 1.39 bits per heavy atom. The topological polar surface area (TPSA) is 95.7 Å². The summed E-state index contributed by atoms with van der Waals surface area (Å²) in [6, 6.07) is 6.35. The third-order valence-electron chi connectivity index (χ3n) is 4.36. The van der Waals surface area contributed by atoms with Crippen molar-refractivity contribution in [3.05, 3.63) is 34.4 Å². The number of nitrogens with zero attached hydrogens (tertiary/aromatic N) is 2. The monoisotopic (exact) mass is 321 g/mol. The molecule has 2 N–H and O–H groups in total. The van der Waals surface area contributed by atoms with Gasteiger partial charge in [-0.1, -0.05) is 25.0 Å². The molecule has 23 heavy (non-hydrogen) atoms. The molecule has 2 unspecified atom stereocenters. The van der Waals surface area contributed by atoms with E-state index >= 15 is 0 Å². The highest BCUT2D eigenvalue weighted by molar-refractivity contribution is 5.82. The van der Waals surface area contributed by atoms with Crippen LogP contribution < -0.4 is 10.2 Å². The highest BCUT2D eigenvalue weighted by atomic mass is 16.6. The third kappa shape index (κ3) is 4.41. The summed E-state index contributed by atoms with van der Waals surface area (Å²) in [4.78, 5) is 24.4. The van der Waals surface area contributed by atoms with E-state index < -0.39 is 4.92 Å². The van der Waals surface area contributed by atoms with Gasteiger partial charge in [0.15, 0.2) is 0 Å². The number of para-hydroxylation sites is 2. The van der Waals surface area contributed by atoms with Crippen LogP contribution in [0.3, 0.4) is 0 Å². The molecule has 7 nitrogen and oxygen atoms in total. The van der Waals surface area contributed by atoms with E-state index in [0.29, 0.717) is 5.69 Å². The van der Waals surface area contributed by atoms with Gasteiger partial charge < -0.3 is 15.3 Å². The summed E-state index contributed by atoms with van der Waals surface area (Å²) in [5, 5.41) is 23.4. The third-order valence-corrected chi connectivity index (χ3v) is 4.36. The van der Waals surface area contributed by atoms with E-state index in [1.165, 1.54) is 6.07 Å². The first-order chi connectivity index (χ1) is 11.0. The van der Waals surface area contributed by atoms with Crippen LogP contribution in [0.25, 0.3) is 0 Å². The Bertz CT molecular complexity index is 564. The molecule has 1 aromatic rings. The number of aliphatic hydroxyl groups is 1. The zero-order valence-corrected chi connectivity index (χ0v) is 13.3. The van der Waals surface area contributed by atoms with Crippen LogP contribution in [0.2, 0.25) is 0 Å². The lowest BCUT2D eigenvalue weighted by Crippen LogP contribution is -2.46. The van der Waals surface area contributed by atoms with Gasteiger partial charge >= 0.3 is 0 Å². The minimum atomic E-state index is -0.452. The Balaban J connectivity index is 1.98. The van der Waals surface area contributed by atoms with Crippen molar-refractivity contribution in [2.75, 3.05) is 25.1 Å². The van der Waals surface area contributed by atoms with Crippen LogP contribution in [0.5, 0.6) is 0 Å². The van der Waals surface area contributed by atoms with Gasteiger partial charge in [-0.3, -0.25) is 14.9 Å². The van der Waals surface area contributed by atoms with Crippen LogP contribution in [0.1, 0.15) is 25.7 Å². The van der Waals surface area contributed by atoms with Crippen molar-refractivity contribution in [2.45, 2.75) is 31.7 Å². The molecular formula is C16H23N3O4. The smallest absolute Gasteiger partial charge is 0.292 e. The van der Waals surface area contributed by atoms with Crippen LogP contribution in [-0.2, 0) is 4.79 Å². The number of aliphatic hydroxyl groups excluding tert-OH is 1. The molecule has 1 aliphatic carbocycles. The summed E-state index contributed by atoms with van der Waals surface area (Å²) in [6.07, 6.45) is 3.91. The van der Waals surface area contributed by atoms with Crippen molar-refractivity contribution in [3.8, 4) is 0 Å². The van der Waals surface area contributed by atoms with Crippen molar-refractivity contribution in [1.82, 2.24) is 5.32 Å². The van der Waals surface area contributed by atoms with Crippen LogP contribution in [0, 0.1) is 16.0 Å². The second-order valence-corrected chi connectivity index (χ2v) is 6.00. The molecule has 0 aliphatic heterocycles. The highest BCUT2D eigenvalue weighted by Crippen LogP contribution is 2.27. The van der Waals surface area contributed by atoms with Crippen LogP contribution in [0.15, 0.2) is 24.3 Å². The fourth-order valence-corrected chi connectivity index (χ4v) is 3.11. The molecule has 0 heterocycles. The van der Waals surface area contributed by atoms with Crippen molar-refractivity contribution >= 4 is 17.3 Å². The van der Waals surface area contributed by atoms with Gasteiger partial charge in [0.05, 0.1) is 11.5 Å². The molecule has 0 bridgehead atoms. The van der Waals surface area contributed by atoms with Gasteiger partial charge in [0.25, 0.3) is 5.69 Å². The molecule has 0 radical (unpaired) electrons. The Hall–Kier alpha value is -2.15. The maximum absolute atomic E-state index is 12.2. The van der Waals surface area contributed by atoms with Gasteiger partial charge in [-0.05, 0) is 18.9 Å². The van der Waals surface area contributed by atoms with Crippen molar-refractivity contribution in [1.29, 1.82) is 0 Å². The summed E-state index contributed by atoms with van der Waals surface area (Å²) in [6.45, 7) is 0.116. The largest absolute Gasteiger partial charge is 0.396 e. The number of carbonyl (C=O) groups is 1. The lowest BCUT2D eigenvalue weighted by atomic mass is 9.85. The normalized spacial score (nSPS) is 20.8. The van der Waals surface area contributed by atoms with Gasteiger partial charge in [0, 0.05) is 31.7 Å². The van der Waals surface area contributed by atoms with E-state index in [1.54, 1.807) is 30.1 Å². The molecule has 0 saturated heterocycles. The minimum Gasteiger partial charge on any atom is -0.396 e. The molecule has 1 aromatic carbocycles. The van der Waals surface area contributed by atoms with E-state index in [1.807, 2.05) is 0 Å². The quantitative estimate of drug-likeness (QED) is 0.614. The predicted octanol–water partition coefficient (Wildman–Crippen LogP) is 1.70. The number of carbonyl (C=O) groups excluding carboxylic acids is 1. The number of anilines is 1. The number of nitrogens with one attached hydrogen (secondary N) is 1. The molecule has 1 amide bonds. The summed E-state index contributed by atoms with van der Waals surface area (Å²) in [7, 11) is 1.66. The Morgan fingerprint density at radius 3 is 2.78 bits per heavy atom. The van der Waals surface area contributed by atoms with Crippen LogP contribution in [-0.4, -0.2) is 42.2 Å². The zero-order chi connectivity index (χ0) is 16.8. The summed E-state index contributed by atoms with van der Waals surface area (Å²) < 4.78 is 0. The SMILES string of the molecule is CN(CC(=O)NC1CCCCC1CO)c1ccccc1[N+](=O)[O-]. The maximum Gasteiger partial charge on any atom is 0.292 e. The first-order valence-electron chi connectivity index (χ1n) is 7.87. The lowest BCUT2D eigenvalue weighted by Gasteiger charge is -2.31. The molecule has 0 spiro atoms. The Kier molecular flexibility index (Phi) is 5.92. The number of benzene rings is 1. The molecule has 0 aromatic heterocycles. The van der Waals surface area contributed by atoms with E-state index in [4.69, 9.17) is 0 Å². The molecule has 126 valence electrons. The lowest BCUT2D eigenvalue weighted by molar-refractivity contribution is -0.384. The number of hydrogen-bond donors (Lipinski definition) is 2. The van der Waals surface area contributed by atoms with E-state index in [0.717, 1.165) is 25.7 Å². The molecular weight excluding hydrogens is 298 g/mol. The second-order valence-electron chi connectivity index (χ2n) is 6.00. The number of amides is 1. The average molecular weight is 321 g/mol. The van der Waals surface area contributed by atoms with Gasteiger partial charge in [-0.25, -0.2) is 0 Å². The van der Waals surface area contributed by atoms with Gasteiger partial charge in [-0.2, -0.15) is 0 Å². The standard InChI is InChI=1S/C16H23N3O4/c1-18(14-8-4-5-9-15(14)19(22)23)10-16(21)17-13-7-3-2-6-12(13)11-20/h4-5,8-9,12-13,20H,2-3,6-7,10-11H2,1H3,(H,17,21). The fourth-order valence-electron chi connectivity index (χ4n) is 3.11. The number of nitro groups is 1. The number of hydrogen-bond acceptors (Lipinski definition) is 5. The summed E-state index contributed by atoms with van der Waals surface area (Å²) >= 11 is 0. The molecule has 1 fully saturated rings. The summed E-state index contributed by atoms with van der Waals surface area (Å²) in [5.74, 6) is -0.0833. The van der Waals surface area contributed by atoms with Gasteiger partial charge in [0.1, 0.15) is 5.69 Å². The molecule has 2 rings (SSSR count). The van der Waals surface area contributed by atoms with Crippen molar-refractivity contribution in [2.24, 2.45) is 5.92 Å². The molecule has 1 aliphatic rings. The molecule has 2 atom stereocenters. The first-order valence-corrected chi connectivity index (χ1v) is 7.87. The first kappa shape index (κ1) is 17.2. The molecule has 1 saturated carbocycles. The van der Waals surface area contributed by atoms with E-state index in [-0.39, 0.29) is 36.7 Å². The number of rotatable bonds is 6. The van der Waals surface area contributed by atoms with E-state index in [9.17, 15) is 20.0 Å². The predicted molar refractivity (Wildman–Crippen MR) is 87.3 cm³/mol. The van der Waals surface area contributed by atoms with Gasteiger partial charge in [0.2, 0.25) is 5.91 Å². The minimum absolute atomic E-state index is 0.0135. The fraction of sp³-hybridized carbons (Fsp3) is 0.562. The maximum atomic E-state index is 12.2. The Morgan fingerprint density at radius 2 is 2.09 bits per heavy atom. The van der Waals surface area contributed by atoms with E-state index in [2.05, 4.69) is 5.32 Å². The molecule has 7 heteroatoms. The van der Waals surface area contributed by atoms with Crippen LogP contribution in [0.4, 0.5) is 11.4 Å². The van der Waals surface area contributed by atoms with Crippen molar-refractivity contribution < 1.29 is 14.8 Å². The van der Waals surface area contributed by atoms with Gasteiger partial charge in [-0.15, -0.1) is 0 Å².